The van der Waals surface area contributed by atoms with Crippen LogP contribution in [0.2, 0.25) is 5.02 Å². The lowest BCUT2D eigenvalue weighted by Crippen LogP contribution is -2.07. The summed E-state index contributed by atoms with van der Waals surface area (Å²) in [4.78, 5) is 0. The summed E-state index contributed by atoms with van der Waals surface area (Å²) >= 11 is 8.76. The Morgan fingerprint density at radius 1 is 1.11 bits per heavy atom. The van der Waals surface area contributed by atoms with Gasteiger partial charge in [0.25, 0.3) is 0 Å². The van der Waals surface area contributed by atoms with Crippen LogP contribution in [0.4, 0.5) is 14.5 Å². The maximum absolute atomic E-state index is 13.3. The summed E-state index contributed by atoms with van der Waals surface area (Å²) in [6.45, 7) is 1.91. The zero-order valence-electron chi connectivity index (χ0n) is 10.1. The first-order chi connectivity index (χ1) is 8.97. The quantitative estimate of drug-likeness (QED) is 0.768. The van der Waals surface area contributed by atoms with Crippen molar-refractivity contribution in [3.63, 3.8) is 0 Å². The van der Waals surface area contributed by atoms with Crippen LogP contribution in [0.3, 0.4) is 0 Å². The van der Waals surface area contributed by atoms with Crippen molar-refractivity contribution < 1.29 is 8.78 Å². The molecule has 0 aromatic heterocycles. The summed E-state index contributed by atoms with van der Waals surface area (Å²) in [5.41, 5.74) is 1.51. The number of halogens is 4. The Balaban J connectivity index is 2.17. The Labute approximate surface area is 123 Å². The number of rotatable bonds is 3. The second-order valence-electron chi connectivity index (χ2n) is 4.17. The lowest BCUT2D eigenvalue weighted by Gasteiger charge is -2.16. The van der Waals surface area contributed by atoms with E-state index in [1.54, 1.807) is 18.2 Å². The molecular formula is C14H11BrClF2N. The molecule has 2 rings (SSSR count). The summed E-state index contributed by atoms with van der Waals surface area (Å²) in [5.74, 6) is -0.785. The Kier molecular flexibility index (Phi) is 4.42. The average Bonchev–Trinajstić information content (AvgIpc) is 2.37. The maximum atomic E-state index is 13.3. The van der Waals surface area contributed by atoms with Crippen molar-refractivity contribution in [1.29, 1.82) is 0 Å². The van der Waals surface area contributed by atoms with Crippen LogP contribution < -0.4 is 5.32 Å². The topological polar surface area (TPSA) is 12.0 Å². The van der Waals surface area contributed by atoms with Gasteiger partial charge in [-0.2, -0.15) is 0 Å². The fraction of sp³-hybridized carbons (Fsp3) is 0.143. The van der Waals surface area contributed by atoms with Crippen molar-refractivity contribution in [3.8, 4) is 0 Å². The third-order valence-electron chi connectivity index (χ3n) is 2.75. The first-order valence-corrected chi connectivity index (χ1v) is 6.81. The van der Waals surface area contributed by atoms with Crippen molar-refractivity contribution in [2.75, 3.05) is 5.32 Å². The summed E-state index contributed by atoms with van der Waals surface area (Å²) in [7, 11) is 0. The van der Waals surface area contributed by atoms with Crippen molar-refractivity contribution in [1.82, 2.24) is 0 Å². The highest BCUT2D eigenvalue weighted by molar-refractivity contribution is 9.10. The molecule has 0 radical (unpaired) electrons. The van der Waals surface area contributed by atoms with Gasteiger partial charge in [0.1, 0.15) is 11.6 Å². The molecule has 0 bridgehead atoms. The van der Waals surface area contributed by atoms with Crippen LogP contribution in [0, 0.1) is 11.6 Å². The standard InChI is InChI=1S/C14H11BrClF2N/c1-8(9-2-5-13(17)11(15)6-9)19-10-3-4-12(16)14(18)7-10/h2-8,19H,1H3. The van der Waals surface area contributed by atoms with E-state index in [1.807, 2.05) is 6.92 Å². The molecule has 0 aliphatic carbocycles. The molecule has 0 saturated carbocycles. The molecule has 5 heteroatoms. The smallest absolute Gasteiger partial charge is 0.143 e. The predicted molar refractivity (Wildman–Crippen MR) is 77.5 cm³/mol. The number of anilines is 1. The summed E-state index contributed by atoms with van der Waals surface area (Å²) in [6, 6.07) is 9.20. The molecule has 0 saturated heterocycles. The zero-order chi connectivity index (χ0) is 14.0. The summed E-state index contributed by atoms with van der Waals surface area (Å²) < 4.78 is 26.9. The highest BCUT2D eigenvalue weighted by atomic mass is 79.9. The predicted octanol–water partition coefficient (Wildman–Crippen LogP) is 5.55. The van der Waals surface area contributed by atoms with Crippen LogP contribution in [0.15, 0.2) is 40.9 Å². The Hall–Kier alpha value is -1.13. The van der Waals surface area contributed by atoms with Gasteiger partial charge in [0.05, 0.1) is 9.50 Å². The van der Waals surface area contributed by atoms with Gasteiger partial charge in [0.15, 0.2) is 0 Å². The van der Waals surface area contributed by atoms with E-state index < -0.39 is 5.82 Å². The van der Waals surface area contributed by atoms with E-state index in [-0.39, 0.29) is 16.9 Å². The molecule has 1 N–H and O–H groups in total. The van der Waals surface area contributed by atoms with Crippen molar-refractivity contribution in [2.24, 2.45) is 0 Å². The minimum absolute atomic E-state index is 0.0857. The number of nitrogens with one attached hydrogen (secondary N) is 1. The highest BCUT2D eigenvalue weighted by Crippen LogP contribution is 2.25. The van der Waals surface area contributed by atoms with Gasteiger partial charge in [-0.1, -0.05) is 17.7 Å². The van der Waals surface area contributed by atoms with Crippen LogP contribution in [0.25, 0.3) is 0 Å². The monoisotopic (exact) mass is 345 g/mol. The van der Waals surface area contributed by atoms with Gasteiger partial charge >= 0.3 is 0 Å². The SMILES string of the molecule is CC(Nc1ccc(Cl)c(F)c1)c1ccc(F)c(Br)c1. The fourth-order valence-corrected chi connectivity index (χ4v) is 2.22. The Morgan fingerprint density at radius 2 is 1.84 bits per heavy atom. The van der Waals surface area contributed by atoms with E-state index in [2.05, 4.69) is 21.2 Å². The molecule has 100 valence electrons. The second kappa shape index (κ2) is 5.88. The molecule has 1 nitrogen and oxygen atoms in total. The van der Waals surface area contributed by atoms with Crippen LogP contribution in [0.5, 0.6) is 0 Å². The fourth-order valence-electron chi connectivity index (χ4n) is 1.70. The van der Waals surface area contributed by atoms with Crippen LogP contribution in [-0.2, 0) is 0 Å². The molecule has 0 aliphatic heterocycles. The van der Waals surface area contributed by atoms with E-state index in [9.17, 15) is 8.78 Å². The molecule has 0 amide bonds. The largest absolute Gasteiger partial charge is 0.378 e. The van der Waals surface area contributed by atoms with Crippen molar-refractivity contribution >= 4 is 33.2 Å². The molecule has 0 heterocycles. The maximum Gasteiger partial charge on any atom is 0.143 e. The van der Waals surface area contributed by atoms with Gasteiger partial charge in [0.2, 0.25) is 0 Å². The summed E-state index contributed by atoms with van der Waals surface area (Å²) in [6.07, 6.45) is 0. The van der Waals surface area contributed by atoms with E-state index in [0.717, 1.165) is 5.56 Å². The molecular weight excluding hydrogens is 336 g/mol. The van der Waals surface area contributed by atoms with Gasteiger partial charge < -0.3 is 5.32 Å². The Morgan fingerprint density at radius 3 is 2.47 bits per heavy atom. The number of benzene rings is 2. The number of hydrogen-bond donors (Lipinski definition) is 1. The molecule has 2 aromatic carbocycles. The summed E-state index contributed by atoms with van der Waals surface area (Å²) in [5, 5.41) is 3.22. The highest BCUT2D eigenvalue weighted by Gasteiger charge is 2.09. The van der Waals surface area contributed by atoms with E-state index in [4.69, 9.17) is 11.6 Å². The molecule has 19 heavy (non-hydrogen) atoms. The molecule has 2 aromatic rings. The van der Waals surface area contributed by atoms with Gasteiger partial charge in [-0.3, -0.25) is 0 Å². The first-order valence-electron chi connectivity index (χ1n) is 5.64. The third kappa shape index (κ3) is 3.45. The lowest BCUT2D eigenvalue weighted by molar-refractivity contribution is 0.619. The molecule has 1 unspecified atom stereocenters. The zero-order valence-corrected chi connectivity index (χ0v) is 12.4. The first kappa shape index (κ1) is 14.3. The average molecular weight is 347 g/mol. The molecule has 1 atom stereocenters. The minimum Gasteiger partial charge on any atom is -0.378 e. The van der Waals surface area contributed by atoms with Crippen LogP contribution in [0.1, 0.15) is 18.5 Å². The Bertz CT molecular complexity index is 604. The normalized spacial score (nSPS) is 12.3. The van der Waals surface area contributed by atoms with E-state index >= 15 is 0 Å². The van der Waals surface area contributed by atoms with Crippen LogP contribution >= 0.6 is 27.5 Å². The number of hydrogen-bond acceptors (Lipinski definition) is 1. The second-order valence-corrected chi connectivity index (χ2v) is 5.43. The van der Waals surface area contributed by atoms with Crippen molar-refractivity contribution in [3.05, 3.63) is 63.1 Å². The molecule has 0 spiro atoms. The van der Waals surface area contributed by atoms with Crippen molar-refractivity contribution in [2.45, 2.75) is 13.0 Å². The van der Waals surface area contributed by atoms with Gasteiger partial charge in [-0.15, -0.1) is 0 Å². The van der Waals surface area contributed by atoms with Crippen LogP contribution in [-0.4, -0.2) is 0 Å². The third-order valence-corrected chi connectivity index (χ3v) is 3.66. The van der Waals surface area contributed by atoms with Gasteiger partial charge in [-0.05, 0) is 58.7 Å². The van der Waals surface area contributed by atoms with E-state index in [0.29, 0.717) is 10.2 Å². The van der Waals surface area contributed by atoms with Gasteiger partial charge in [0, 0.05) is 11.7 Å². The van der Waals surface area contributed by atoms with Gasteiger partial charge in [-0.25, -0.2) is 8.78 Å². The molecule has 0 aliphatic rings. The molecule has 0 fully saturated rings. The lowest BCUT2D eigenvalue weighted by atomic mass is 10.1. The minimum atomic E-state index is -0.473. The van der Waals surface area contributed by atoms with E-state index in [1.165, 1.54) is 18.2 Å².